The van der Waals surface area contributed by atoms with Gasteiger partial charge in [-0.05, 0) is 31.4 Å². The second kappa shape index (κ2) is 11.1. The number of benzene rings is 1. The molecule has 0 bridgehead atoms. The van der Waals surface area contributed by atoms with Gasteiger partial charge in [0.25, 0.3) is 11.8 Å². The van der Waals surface area contributed by atoms with E-state index in [-0.39, 0.29) is 35.8 Å². The van der Waals surface area contributed by atoms with Crippen LogP contribution in [-0.4, -0.2) is 49.4 Å². The number of amides is 2. The van der Waals surface area contributed by atoms with Gasteiger partial charge in [0.15, 0.2) is 5.96 Å². The molecule has 0 radical (unpaired) electrons. The summed E-state index contributed by atoms with van der Waals surface area (Å²) in [6, 6.07) is 7.00. The number of nitrogens with one attached hydrogen (secondary N) is 2. The first-order valence-corrected chi connectivity index (χ1v) is 8.58. The zero-order chi connectivity index (χ0) is 17.4. The molecule has 0 aliphatic carbocycles. The number of hydrogen-bond donors (Lipinski definition) is 2. The molecule has 0 aromatic heterocycles. The highest BCUT2D eigenvalue weighted by atomic mass is 127. The fourth-order valence-electron chi connectivity index (χ4n) is 2.65. The highest BCUT2D eigenvalue weighted by molar-refractivity contribution is 14.0. The molecule has 0 spiro atoms. The molecule has 6 nitrogen and oxygen atoms in total. The Kier molecular flexibility index (Phi) is 9.48. The Balaban J connectivity index is 0.00000312. The fraction of sp³-hybridized carbons (Fsp3) is 0.500. The quantitative estimate of drug-likeness (QED) is 0.207. The number of carbonyl (C=O) groups is 2. The van der Waals surface area contributed by atoms with Crippen molar-refractivity contribution in [2.24, 2.45) is 4.99 Å². The SMILES string of the molecule is CCCCNC(=NC)NCCCCN1C(=O)c2ccccc2C1=O.I. The molecule has 1 aromatic carbocycles. The zero-order valence-corrected chi connectivity index (χ0v) is 17.2. The molecule has 1 aliphatic heterocycles. The van der Waals surface area contributed by atoms with Crippen LogP contribution in [0.2, 0.25) is 0 Å². The Labute approximate surface area is 166 Å². The van der Waals surface area contributed by atoms with Crippen molar-refractivity contribution in [2.45, 2.75) is 32.6 Å². The molecule has 25 heavy (non-hydrogen) atoms. The Bertz CT molecular complexity index is 584. The van der Waals surface area contributed by atoms with Gasteiger partial charge in [-0.2, -0.15) is 0 Å². The van der Waals surface area contributed by atoms with E-state index in [0.29, 0.717) is 17.7 Å². The molecule has 7 heteroatoms. The first kappa shape index (κ1) is 21.4. The van der Waals surface area contributed by atoms with Crippen molar-refractivity contribution in [2.75, 3.05) is 26.7 Å². The summed E-state index contributed by atoms with van der Waals surface area (Å²) in [5, 5.41) is 6.49. The van der Waals surface area contributed by atoms with Gasteiger partial charge in [0.05, 0.1) is 11.1 Å². The van der Waals surface area contributed by atoms with Crippen molar-refractivity contribution in [3.63, 3.8) is 0 Å². The van der Waals surface area contributed by atoms with Crippen LogP contribution in [0.1, 0.15) is 53.3 Å². The first-order valence-electron chi connectivity index (χ1n) is 8.58. The molecular formula is C18H27IN4O2. The van der Waals surface area contributed by atoms with Crippen molar-refractivity contribution in [3.8, 4) is 0 Å². The smallest absolute Gasteiger partial charge is 0.261 e. The number of hydrogen-bond acceptors (Lipinski definition) is 3. The van der Waals surface area contributed by atoms with Gasteiger partial charge in [-0.3, -0.25) is 19.5 Å². The minimum Gasteiger partial charge on any atom is -0.356 e. The average Bonchev–Trinajstić information content (AvgIpc) is 2.85. The highest BCUT2D eigenvalue weighted by Crippen LogP contribution is 2.22. The van der Waals surface area contributed by atoms with Crippen molar-refractivity contribution >= 4 is 41.8 Å². The van der Waals surface area contributed by atoms with E-state index in [4.69, 9.17) is 0 Å². The molecule has 0 fully saturated rings. The second-order valence-corrected chi connectivity index (χ2v) is 5.79. The third-order valence-corrected chi connectivity index (χ3v) is 4.03. The lowest BCUT2D eigenvalue weighted by atomic mass is 10.1. The zero-order valence-electron chi connectivity index (χ0n) is 14.9. The highest BCUT2D eigenvalue weighted by Gasteiger charge is 2.34. The summed E-state index contributed by atoms with van der Waals surface area (Å²) in [5.74, 6) is 0.436. The monoisotopic (exact) mass is 458 g/mol. The van der Waals surface area contributed by atoms with E-state index in [2.05, 4.69) is 22.5 Å². The Morgan fingerprint density at radius 1 is 1.00 bits per heavy atom. The summed E-state index contributed by atoms with van der Waals surface area (Å²) in [4.78, 5) is 30.0. The van der Waals surface area contributed by atoms with Crippen molar-refractivity contribution in [1.29, 1.82) is 0 Å². The lowest BCUT2D eigenvalue weighted by molar-refractivity contribution is 0.0652. The van der Waals surface area contributed by atoms with Gasteiger partial charge in [-0.15, -0.1) is 24.0 Å². The molecule has 0 saturated carbocycles. The number of fused-ring (bicyclic) bond motifs is 1. The van der Waals surface area contributed by atoms with E-state index in [1.807, 2.05) is 0 Å². The molecule has 138 valence electrons. The summed E-state index contributed by atoms with van der Waals surface area (Å²) in [7, 11) is 1.75. The van der Waals surface area contributed by atoms with E-state index >= 15 is 0 Å². The second-order valence-electron chi connectivity index (χ2n) is 5.79. The van der Waals surface area contributed by atoms with E-state index < -0.39 is 0 Å². The van der Waals surface area contributed by atoms with Crippen molar-refractivity contribution < 1.29 is 9.59 Å². The van der Waals surface area contributed by atoms with Crippen LogP contribution in [0.3, 0.4) is 0 Å². The number of halogens is 1. The molecule has 1 heterocycles. The van der Waals surface area contributed by atoms with Crippen LogP contribution in [-0.2, 0) is 0 Å². The predicted octanol–water partition coefficient (Wildman–Crippen LogP) is 2.65. The fourth-order valence-corrected chi connectivity index (χ4v) is 2.65. The Morgan fingerprint density at radius 2 is 1.56 bits per heavy atom. The van der Waals surface area contributed by atoms with Crippen LogP contribution in [0.4, 0.5) is 0 Å². The summed E-state index contributed by atoms with van der Waals surface area (Å²) >= 11 is 0. The molecule has 2 amide bonds. The molecule has 2 N–H and O–H groups in total. The van der Waals surface area contributed by atoms with E-state index in [1.165, 1.54) is 4.90 Å². The normalized spacial score (nSPS) is 13.5. The number of unbranched alkanes of at least 4 members (excludes halogenated alkanes) is 2. The van der Waals surface area contributed by atoms with E-state index in [1.54, 1.807) is 31.3 Å². The van der Waals surface area contributed by atoms with Crippen molar-refractivity contribution in [3.05, 3.63) is 35.4 Å². The van der Waals surface area contributed by atoms with Gasteiger partial charge < -0.3 is 10.6 Å². The molecular weight excluding hydrogens is 431 g/mol. The average molecular weight is 458 g/mol. The summed E-state index contributed by atoms with van der Waals surface area (Å²) in [6.45, 7) is 4.27. The van der Waals surface area contributed by atoms with Crippen LogP contribution in [0.5, 0.6) is 0 Å². The van der Waals surface area contributed by atoms with E-state index in [9.17, 15) is 9.59 Å². The minimum absolute atomic E-state index is 0. The molecule has 1 aliphatic rings. The number of nitrogens with zero attached hydrogens (tertiary/aromatic N) is 2. The van der Waals surface area contributed by atoms with Crippen LogP contribution >= 0.6 is 24.0 Å². The lowest BCUT2D eigenvalue weighted by Crippen LogP contribution is -2.38. The Hall–Kier alpha value is -1.64. The minimum atomic E-state index is -0.180. The predicted molar refractivity (Wildman–Crippen MR) is 111 cm³/mol. The maximum atomic E-state index is 12.2. The summed E-state index contributed by atoms with van der Waals surface area (Å²) in [5.41, 5.74) is 1.03. The number of aliphatic imine (C=N–C) groups is 1. The molecule has 0 saturated heterocycles. The molecule has 0 unspecified atom stereocenters. The molecule has 2 rings (SSSR count). The van der Waals surface area contributed by atoms with Gasteiger partial charge in [0.2, 0.25) is 0 Å². The third kappa shape index (κ3) is 5.69. The standard InChI is InChI=1S/C18H26N4O2.HI/c1-3-4-11-20-18(19-2)21-12-7-8-13-22-16(23)14-9-5-6-10-15(14)17(22)24;/h5-6,9-10H,3-4,7-8,11-13H2,1-2H3,(H2,19,20,21);1H. The largest absolute Gasteiger partial charge is 0.356 e. The van der Waals surface area contributed by atoms with Crippen LogP contribution in [0.15, 0.2) is 29.3 Å². The van der Waals surface area contributed by atoms with Gasteiger partial charge in [-0.25, -0.2) is 0 Å². The van der Waals surface area contributed by atoms with Crippen LogP contribution < -0.4 is 10.6 Å². The number of guanidine groups is 1. The topological polar surface area (TPSA) is 73.8 Å². The van der Waals surface area contributed by atoms with Crippen LogP contribution in [0, 0.1) is 0 Å². The maximum absolute atomic E-state index is 12.2. The Morgan fingerprint density at radius 3 is 2.08 bits per heavy atom. The maximum Gasteiger partial charge on any atom is 0.261 e. The number of rotatable bonds is 8. The van der Waals surface area contributed by atoms with Gasteiger partial charge in [-0.1, -0.05) is 25.5 Å². The number of carbonyl (C=O) groups excluding carboxylic acids is 2. The van der Waals surface area contributed by atoms with Gasteiger partial charge in [0, 0.05) is 26.7 Å². The lowest BCUT2D eigenvalue weighted by Gasteiger charge is -2.14. The summed E-state index contributed by atoms with van der Waals surface area (Å²) < 4.78 is 0. The molecule has 1 aromatic rings. The van der Waals surface area contributed by atoms with E-state index in [0.717, 1.165) is 44.7 Å². The van der Waals surface area contributed by atoms with Crippen LogP contribution in [0.25, 0.3) is 0 Å². The number of imide groups is 1. The van der Waals surface area contributed by atoms with Crippen molar-refractivity contribution in [1.82, 2.24) is 15.5 Å². The first-order chi connectivity index (χ1) is 11.7. The van der Waals surface area contributed by atoms with Gasteiger partial charge in [0.1, 0.15) is 0 Å². The molecule has 0 atom stereocenters. The summed E-state index contributed by atoms with van der Waals surface area (Å²) in [6.07, 6.45) is 3.89. The third-order valence-electron chi connectivity index (χ3n) is 4.03. The van der Waals surface area contributed by atoms with Gasteiger partial charge >= 0.3 is 0 Å².